The van der Waals surface area contributed by atoms with Crippen LogP contribution < -0.4 is 10.1 Å². The second kappa shape index (κ2) is 9.93. The topological polar surface area (TPSA) is 24.5 Å². The average molecular weight is 440 g/mol. The fourth-order valence-electron chi connectivity index (χ4n) is 2.61. The SMILES string of the molecule is COc1ccc(Br)cc1[C@H](CC(F)(F)F)N1CCNCC1.Cl.Cl. The maximum Gasteiger partial charge on any atom is 0.390 e. The number of ether oxygens (including phenoxy) is 1. The summed E-state index contributed by atoms with van der Waals surface area (Å²) in [5.41, 5.74) is 0.575. The van der Waals surface area contributed by atoms with Gasteiger partial charge in [-0.05, 0) is 18.2 Å². The van der Waals surface area contributed by atoms with Crippen LogP contribution in [0.3, 0.4) is 0 Å². The van der Waals surface area contributed by atoms with Crippen LogP contribution in [-0.4, -0.2) is 44.4 Å². The van der Waals surface area contributed by atoms with Crippen LogP contribution in [-0.2, 0) is 0 Å². The van der Waals surface area contributed by atoms with Crippen molar-refractivity contribution >= 4 is 40.7 Å². The second-order valence-electron chi connectivity index (χ2n) is 5.01. The third-order valence-corrected chi connectivity index (χ3v) is 4.06. The van der Waals surface area contributed by atoms with Gasteiger partial charge in [-0.15, -0.1) is 24.8 Å². The number of methoxy groups -OCH3 is 1. The minimum Gasteiger partial charge on any atom is -0.496 e. The molecule has 23 heavy (non-hydrogen) atoms. The maximum absolute atomic E-state index is 13.0. The molecule has 0 radical (unpaired) electrons. The number of alkyl halides is 3. The lowest BCUT2D eigenvalue weighted by molar-refractivity contribution is -0.148. The molecule has 1 N–H and O–H groups in total. The fourth-order valence-corrected chi connectivity index (χ4v) is 2.99. The lowest BCUT2D eigenvalue weighted by Gasteiger charge is -2.36. The molecule has 1 heterocycles. The monoisotopic (exact) mass is 438 g/mol. The van der Waals surface area contributed by atoms with Gasteiger partial charge in [0, 0.05) is 42.3 Å². The van der Waals surface area contributed by atoms with Crippen LogP contribution in [0.1, 0.15) is 18.0 Å². The molecule has 1 saturated heterocycles. The van der Waals surface area contributed by atoms with Gasteiger partial charge in [0.15, 0.2) is 0 Å². The Morgan fingerprint density at radius 2 is 1.87 bits per heavy atom. The van der Waals surface area contributed by atoms with E-state index in [1.807, 2.05) is 4.90 Å². The standard InChI is InChI=1S/C14H18BrF3N2O.2ClH/c1-21-13-3-2-10(15)8-11(13)12(9-14(16,17)18)20-6-4-19-5-7-20;;/h2-3,8,12,19H,4-7,9H2,1H3;2*1H/t12-;;/m0../s1. The van der Waals surface area contributed by atoms with E-state index >= 15 is 0 Å². The van der Waals surface area contributed by atoms with E-state index in [1.54, 1.807) is 18.2 Å². The quantitative estimate of drug-likeness (QED) is 0.760. The van der Waals surface area contributed by atoms with Crippen molar-refractivity contribution in [3.63, 3.8) is 0 Å². The van der Waals surface area contributed by atoms with Crippen molar-refractivity contribution in [2.45, 2.75) is 18.6 Å². The Morgan fingerprint density at radius 1 is 1.26 bits per heavy atom. The van der Waals surface area contributed by atoms with E-state index in [1.165, 1.54) is 7.11 Å². The van der Waals surface area contributed by atoms with Crippen molar-refractivity contribution in [1.82, 2.24) is 10.2 Å². The summed E-state index contributed by atoms with van der Waals surface area (Å²) in [4.78, 5) is 1.87. The zero-order valence-corrected chi connectivity index (χ0v) is 15.7. The molecule has 2 rings (SSSR count). The molecule has 1 aliphatic heterocycles. The maximum atomic E-state index is 13.0. The van der Waals surface area contributed by atoms with E-state index in [2.05, 4.69) is 21.2 Å². The summed E-state index contributed by atoms with van der Waals surface area (Å²) < 4.78 is 45.0. The summed E-state index contributed by atoms with van der Waals surface area (Å²) in [5.74, 6) is 0.492. The summed E-state index contributed by atoms with van der Waals surface area (Å²) in [5, 5.41) is 3.16. The molecule has 1 aliphatic rings. The van der Waals surface area contributed by atoms with Crippen LogP contribution in [0, 0.1) is 0 Å². The highest BCUT2D eigenvalue weighted by Gasteiger charge is 2.37. The number of hydrogen-bond acceptors (Lipinski definition) is 3. The molecule has 9 heteroatoms. The van der Waals surface area contributed by atoms with Crippen LogP contribution in [0.15, 0.2) is 22.7 Å². The number of nitrogens with zero attached hydrogens (tertiary/aromatic N) is 1. The van der Waals surface area contributed by atoms with Crippen molar-refractivity contribution in [3.05, 3.63) is 28.2 Å². The smallest absolute Gasteiger partial charge is 0.390 e. The zero-order valence-electron chi connectivity index (χ0n) is 12.5. The van der Waals surface area contributed by atoms with Gasteiger partial charge in [0.05, 0.1) is 13.5 Å². The second-order valence-corrected chi connectivity index (χ2v) is 5.92. The molecular formula is C14H20BrCl2F3N2O. The van der Waals surface area contributed by atoms with Gasteiger partial charge in [0.2, 0.25) is 0 Å². The Balaban J connectivity index is 0.00000242. The van der Waals surface area contributed by atoms with Crippen molar-refractivity contribution in [1.29, 1.82) is 0 Å². The third kappa shape index (κ3) is 6.66. The van der Waals surface area contributed by atoms with Gasteiger partial charge >= 0.3 is 6.18 Å². The molecule has 0 bridgehead atoms. The number of benzene rings is 1. The van der Waals surface area contributed by atoms with E-state index in [0.29, 0.717) is 37.5 Å². The Labute approximate surface area is 154 Å². The highest BCUT2D eigenvalue weighted by Crippen LogP contribution is 2.39. The Bertz CT molecular complexity index is 486. The number of nitrogens with one attached hydrogen (secondary N) is 1. The minimum absolute atomic E-state index is 0. The highest BCUT2D eigenvalue weighted by molar-refractivity contribution is 9.10. The Morgan fingerprint density at radius 3 is 2.39 bits per heavy atom. The molecule has 134 valence electrons. The normalized spacial score (nSPS) is 16.9. The minimum atomic E-state index is -4.22. The molecule has 0 aromatic heterocycles. The molecular weight excluding hydrogens is 420 g/mol. The van der Waals surface area contributed by atoms with Gasteiger partial charge in [-0.1, -0.05) is 15.9 Å². The van der Waals surface area contributed by atoms with Crippen LogP contribution in [0.2, 0.25) is 0 Å². The van der Waals surface area contributed by atoms with E-state index in [9.17, 15) is 13.2 Å². The number of rotatable bonds is 4. The first kappa shape index (κ1) is 22.8. The summed E-state index contributed by atoms with van der Waals surface area (Å²) in [7, 11) is 1.48. The van der Waals surface area contributed by atoms with Crippen molar-refractivity contribution < 1.29 is 17.9 Å². The molecule has 3 nitrogen and oxygen atoms in total. The van der Waals surface area contributed by atoms with Crippen LogP contribution in [0.4, 0.5) is 13.2 Å². The van der Waals surface area contributed by atoms with Crippen molar-refractivity contribution in [2.24, 2.45) is 0 Å². The molecule has 0 unspecified atom stereocenters. The summed E-state index contributed by atoms with van der Waals surface area (Å²) in [6.07, 6.45) is -5.09. The predicted octanol–water partition coefficient (Wildman–Crippen LogP) is 4.20. The molecule has 0 aliphatic carbocycles. The van der Waals surface area contributed by atoms with Gasteiger partial charge in [-0.25, -0.2) is 0 Å². The lowest BCUT2D eigenvalue weighted by Crippen LogP contribution is -2.46. The lowest BCUT2D eigenvalue weighted by atomic mass is 9.99. The first-order valence-electron chi connectivity index (χ1n) is 6.75. The molecule has 0 saturated carbocycles. The molecule has 1 aromatic rings. The van der Waals surface area contributed by atoms with Crippen molar-refractivity contribution in [3.8, 4) is 5.75 Å². The molecule has 0 spiro atoms. The fraction of sp³-hybridized carbons (Fsp3) is 0.571. The van der Waals surface area contributed by atoms with Crippen LogP contribution >= 0.6 is 40.7 Å². The summed E-state index contributed by atoms with van der Waals surface area (Å²) in [6.45, 7) is 2.59. The largest absolute Gasteiger partial charge is 0.496 e. The predicted molar refractivity (Wildman–Crippen MR) is 93.0 cm³/mol. The number of halogens is 6. The van der Waals surface area contributed by atoms with Crippen LogP contribution in [0.25, 0.3) is 0 Å². The van der Waals surface area contributed by atoms with E-state index in [0.717, 1.165) is 4.47 Å². The zero-order chi connectivity index (χ0) is 15.5. The number of hydrogen-bond donors (Lipinski definition) is 1. The first-order valence-corrected chi connectivity index (χ1v) is 7.55. The average Bonchev–Trinajstić information content (AvgIpc) is 2.45. The van der Waals surface area contributed by atoms with E-state index < -0.39 is 18.6 Å². The van der Waals surface area contributed by atoms with Crippen LogP contribution in [0.5, 0.6) is 5.75 Å². The molecule has 1 aromatic carbocycles. The van der Waals surface area contributed by atoms with E-state index in [4.69, 9.17) is 4.74 Å². The van der Waals surface area contributed by atoms with Crippen molar-refractivity contribution in [2.75, 3.05) is 33.3 Å². The van der Waals surface area contributed by atoms with Gasteiger partial charge in [0.1, 0.15) is 5.75 Å². The van der Waals surface area contributed by atoms with Gasteiger partial charge in [-0.2, -0.15) is 13.2 Å². The Kier molecular flexibility index (Phi) is 9.84. The molecule has 1 fully saturated rings. The van der Waals surface area contributed by atoms with E-state index in [-0.39, 0.29) is 24.8 Å². The summed E-state index contributed by atoms with van der Waals surface area (Å²) in [6, 6.07) is 4.46. The highest BCUT2D eigenvalue weighted by atomic mass is 79.9. The summed E-state index contributed by atoms with van der Waals surface area (Å²) >= 11 is 3.33. The van der Waals surface area contributed by atoms with Gasteiger partial charge in [0.25, 0.3) is 0 Å². The Hall–Kier alpha value is -0.210. The molecule has 1 atom stereocenters. The first-order chi connectivity index (χ1) is 9.90. The molecule has 0 amide bonds. The third-order valence-electron chi connectivity index (χ3n) is 3.57. The van der Waals surface area contributed by atoms with Gasteiger partial charge < -0.3 is 10.1 Å². The van der Waals surface area contributed by atoms with Gasteiger partial charge in [-0.3, -0.25) is 4.90 Å². The number of piperazine rings is 1.